The summed E-state index contributed by atoms with van der Waals surface area (Å²) in [5.41, 5.74) is 2.98. The van der Waals surface area contributed by atoms with Crippen molar-refractivity contribution in [3.8, 4) is 5.69 Å². The summed E-state index contributed by atoms with van der Waals surface area (Å²) in [4.78, 5) is 20.1. The Balaban J connectivity index is 1.79. The van der Waals surface area contributed by atoms with Crippen LogP contribution in [-0.2, 0) is 0 Å². The van der Waals surface area contributed by atoms with Crippen molar-refractivity contribution in [1.29, 1.82) is 0 Å². The van der Waals surface area contributed by atoms with Gasteiger partial charge in [-0.2, -0.15) is 0 Å². The summed E-state index contributed by atoms with van der Waals surface area (Å²) in [6.45, 7) is 1.27. The highest BCUT2D eigenvalue weighted by Gasteiger charge is 2.28. The predicted octanol–water partition coefficient (Wildman–Crippen LogP) is 3.49. The zero-order valence-electron chi connectivity index (χ0n) is 14.8. The van der Waals surface area contributed by atoms with Gasteiger partial charge in [0.1, 0.15) is 5.65 Å². The molecule has 27 heavy (non-hydrogen) atoms. The number of hydrogen-bond donors (Lipinski definition) is 1. The van der Waals surface area contributed by atoms with Crippen LogP contribution < -0.4 is 10.5 Å². The molecule has 2 aliphatic rings. The number of aliphatic hydroxyl groups is 1. The smallest absolute Gasteiger partial charge is 0.258 e. The van der Waals surface area contributed by atoms with Crippen LogP contribution in [0.4, 0.5) is 5.69 Å². The zero-order valence-corrected chi connectivity index (χ0v) is 15.6. The molecular formula is C21H20ClN3O2. The zero-order chi connectivity index (χ0) is 18.5. The largest absolute Gasteiger partial charge is 0.391 e. The summed E-state index contributed by atoms with van der Waals surface area (Å²) in [5.74, 6) is 0.487. The lowest BCUT2D eigenvalue weighted by Gasteiger charge is -2.22. The van der Waals surface area contributed by atoms with Gasteiger partial charge in [-0.1, -0.05) is 23.7 Å². The second-order valence-corrected chi connectivity index (χ2v) is 7.83. The molecule has 1 aliphatic carbocycles. The van der Waals surface area contributed by atoms with Crippen molar-refractivity contribution in [3.63, 3.8) is 0 Å². The molecule has 6 heteroatoms. The van der Waals surface area contributed by atoms with E-state index in [-0.39, 0.29) is 11.7 Å². The van der Waals surface area contributed by atoms with Crippen LogP contribution in [0.25, 0.3) is 16.7 Å². The number of anilines is 1. The Morgan fingerprint density at radius 2 is 1.89 bits per heavy atom. The maximum Gasteiger partial charge on any atom is 0.258 e. The second kappa shape index (κ2) is 6.36. The molecule has 1 aromatic carbocycles. The minimum absolute atomic E-state index is 0.160. The summed E-state index contributed by atoms with van der Waals surface area (Å²) >= 11 is 6.40. The fourth-order valence-electron chi connectivity index (χ4n) is 3.89. The Kier molecular flexibility index (Phi) is 3.95. The van der Waals surface area contributed by atoms with Crippen molar-refractivity contribution in [1.82, 2.24) is 9.55 Å². The van der Waals surface area contributed by atoms with E-state index in [9.17, 15) is 9.90 Å². The lowest BCUT2D eigenvalue weighted by molar-refractivity contribution is 0.198. The Hall–Kier alpha value is -2.37. The van der Waals surface area contributed by atoms with E-state index in [0.29, 0.717) is 35.2 Å². The molecule has 0 radical (unpaired) electrons. The molecule has 2 aromatic heterocycles. The van der Waals surface area contributed by atoms with E-state index in [4.69, 9.17) is 16.6 Å². The van der Waals surface area contributed by atoms with E-state index in [1.54, 1.807) is 16.7 Å². The lowest BCUT2D eigenvalue weighted by Crippen LogP contribution is -2.26. The molecule has 0 spiro atoms. The minimum atomic E-state index is -0.357. The number of benzene rings is 1. The normalized spacial score (nSPS) is 19.8. The molecule has 3 aromatic rings. The van der Waals surface area contributed by atoms with Crippen LogP contribution in [-0.4, -0.2) is 33.9 Å². The highest BCUT2D eigenvalue weighted by atomic mass is 35.5. The number of β-amino-alcohol motifs (C(OH)–C–C–N with tert-alkyl or cyclic N) is 1. The molecule has 1 atom stereocenters. The standard InChI is InChI=1S/C21H20ClN3O2/c22-16-3-1-2-4-18(16)25-20(27)11-19(24-10-9-14(26)12-24)15-7-8-17(13-5-6-13)23-21(15)25/h1-4,7-8,11,13-14,26H,5-6,9-10,12H2. The van der Waals surface area contributed by atoms with E-state index < -0.39 is 0 Å². The Morgan fingerprint density at radius 1 is 1.07 bits per heavy atom. The maximum atomic E-state index is 13.1. The van der Waals surface area contributed by atoms with Crippen LogP contribution in [0.2, 0.25) is 5.02 Å². The second-order valence-electron chi connectivity index (χ2n) is 7.42. The molecule has 2 fully saturated rings. The fraction of sp³-hybridized carbons (Fsp3) is 0.333. The van der Waals surface area contributed by atoms with Gasteiger partial charge < -0.3 is 10.0 Å². The Morgan fingerprint density at radius 3 is 2.59 bits per heavy atom. The molecule has 0 bridgehead atoms. The van der Waals surface area contributed by atoms with E-state index in [0.717, 1.165) is 36.2 Å². The number of pyridine rings is 2. The number of nitrogens with zero attached hydrogens (tertiary/aromatic N) is 3. The number of fused-ring (bicyclic) bond motifs is 1. The van der Waals surface area contributed by atoms with Gasteiger partial charge in [-0.3, -0.25) is 9.36 Å². The van der Waals surface area contributed by atoms with Crippen LogP contribution >= 0.6 is 11.6 Å². The summed E-state index contributed by atoms with van der Waals surface area (Å²) in [6.07, 6.45) is 2.65. The van der Waals surface area contributed by atoms with Gasteiger partial charge >= 0.3 is 0 Å². The molecule has 1 saturated carbocycles. The summed E-state index contributed by atoms with van der Waals surface area (Å²) in [5, 5.41) is 11.4. The first-order valence-electron chi connectivity index (χ1n) is 9.36. The summed E-state index contributed by atoms with van der Waals surface area (Å²) in [7, 11) is 0. The average Bonchev–Trinajstić information content (AvgIpc) is 3.43. The van der Waals surface area contributed by atoms with Crippen LogP contribution in [0, 0.1) is 0 Å². The lowest BCUT2D eigenvalue weighted by atomic mass is 10.1. The summed E-state index contributed by atoms with van der Waals surface area (Å²) in [6, 6.07) is 13.1. The molecule has 138 valence electrons. The number of aliphatic hydroxyl groups excluding tert-OH is 1. The van der Waals surface area contributed by atoms with Gasteiger partial charge in [-0.15, -0.1) is 0 Å². The number of para-hydroxylation sites is 1. The van der Waals surface area contributed by atoms with Gasteiger partial charge in [0, 0.05) is 36.2 Å². The third-order valence-electron chi connectivity index (χ3n) is 5.46. The monoisotopic (exact) mass is 381 g/mol. The van der Waals surface area contributed by atoms with Crippen LogP contribution in [0.5, 0.6) is 0 Å². The van der Waals surface area contributed by atoms with Crippen molar-refractivity contribution < 1.29 is 5.11 Å². The molecule has 0 amide bonds. The van der Waals surface area contributed by atoms with Crippen molar-refractivity contribution >= 4 is 28.3 Å². The molecular weight excluding hydrogens is 362 g/mol. The van der Waals surface area contributed by atoms with Gasteiger partial charge in [0.25, 0.3) is 5.56 Å². The topological polar surface area (TPSA) is 58.4 Å². The third-order valence-corrected chi connectivity index (χ3v) is 5.78. The van der Waals surface area contributed by atoms with Gasteiger partial charge in [-0.25, -0.2) is 4.98 Å². The number of halogens is 1. The molecule has 1 aliphatic heterocycles. The van der Waals surface area contributed by atoms with Crippen LogP contribution in [0.15, 0.2) is 47.3 Å². The minimum Gasteiger partial charge on any atom is -0.391 e. The number of aromatic nitrogens is 2. The molecule has 5 rings (SSSR count). The number of hydrogen-bond acceptors (Lipinski definition) is 4. The maximum absolute atomic E-state index is 13.1. The van der Waals surface area contributed by atoms with Gasteiger partial charge in [0.05, 0.1) is 22.5 Å². The highest BCUT2D eigenvalue weighted by molar-refractivity contribution is 6.32. The van der Waals surface area contributed by atoms with Crippen molar-refractivity contribution in [2.75, 3.05) is 18.0 Å². The van der Waals surface area contributed by atoms with Gasteiger partial charge in [0.2, 0.25) is 0 Å². The van der Waals surface area contributed by atoms with Gasteiger partial charge in [-0.05, 0) is 43.5 Å². The molecule has 1 saturated heterocycles. The molecule has 1 unspecified atom stereocenters. The van der Waals surface area contributed by atoms with E-state index >= 15 is 0 Å². The van der Waals surface area contributed by atoms with Gasteiger partial charge in [0.15, 0.2) is 0 Å². The highest BCUT2D eigenvalue weighted by Crippen LogP contribution is 2.40. The van der Waals surface area contributed by atoms with E-state index in [2.05, 4.69) is 17.0 Å². The first-order chi connectivity index (χ1) is 13.1. The fourth-order valence-corrected chi connectivity index (χ4v) is 4.11. The van der Waals surface area contributed by atoms with E-state index in [1.807, 2.05) is 18.2 Å². The van der Waals surface area contributed by atoms with E-state index in [1.165, 1.54) is 0 Å². The summed E-state index contributed by atoms with van der Waals surface area (Å²) < 4.78 is 1.61. The quantitative estimate of drug-likeness (QED) is 0.754. The van der Waals surface area contributed by atoms with Crippen molar-refractivity contribution in [2.45, 2.75) is 31.3 Å². The SMILES string of the molecule is O=c1cc(N2CCC(O)C2)c2ccc(C3CC3)nc2n1-c1ccccc1Cl. The van der Waals surface area contributed by atoms with Crippen molar-refractivity contribution in [3.05, 3.63) is 63.5 Å². The third kappa shape index (κ3) is 2.91. The average molecular weight is 382 g/mol. The first kappa shape index (κ1) is 16.8. The van der Waals surface area contributed by atoms with Crippen molar-refractivity contribution in [2.24, 2.45) is 0 Å². The first-order valence-corrected chi connectivity index (χ1v) is 9.74. The van der Waals surface area contributed by atoms with Crippen LogP contribution in [0.3, 0.4) is 0 Å². The predicted molar refractivity (Wildman–Crippen MR) is 107 cm³/mol. The molecule has 1 N–H and O–H groups in total. The number of rotatable bonds is 3. The Labute approximate surface area is 161 Å². The Bertz CT molecular complexity index is 1090. The van der Waals surface area contributed by atoms with Crippen LogP contribution in [0.1, 0.15) is 30.9 Å². The molecule has 5 nitrogen and oxygen atoms in total. The molecule has 3 heterocycles.